The maximum atomic E-state index is 13.2. The monoisotopic (exact) mass is 514 g/mol. The van der Waals surface area contributed by atoms with Crippen LogP contribution in [-0.4, -0.2) is 37.5 Å². The molecule has 8 nitrogen and oxygen atoms in total. The van der Waals surface area contributed by atoms with Gasteiger partial charge in [-0.1, -0.05) is 42.7 Å². The molecule has 2 aromatic carbocycles. The van der Waals surface area contributed by atoms with Gasteiger partial charge in [0.05, 0.1) is 15.5 Å². The Hall–Kier alpha value is -3.11. The average Bonchev–Trinajstić information content (AvgIpc) is 3.12. The Labute approximate surface area is 210 Å². The van der Waals surface area contributed by atoms with E-state index in [1.165, 1.54) is 17.8 Å². The van der Waals surface area contributed by atoms with Crippen molar-refractivity contribution in [1.82, 2.24) is 9.88 Å². The summed E-state index contributed by atoms with van der Waals surface area (Å²) in [5, 5.41) is 0.438. The Bertz CT molecular complexity index is 1300. The van der Waals surface area contributed by atoms with E-state index in [1.807, 2.05) is 13.0 Å². The molecule has 1 aliphatic rings. The van der Waals surface area contributed by atoms with Gasteiger partial charge in [-0.3, -0.25) is 4.72 Å². The summed E-state index contributed by atoms with van der Waals surface area (Å²) in [6, 6.07) is 11.6. The highest BCUT2D eigenvalue weighted by Crippen LogP contribution is 2.34. The number of benzene rings is 2. The Kier molecular flexibility index (Phi) is 7.61. The number of ether oxygens (including phenoxy) is 1. The molecule has 35 heavy (non-hydrogen) atoms. The van der Waals surface area contributed by atoms with Crippen molar-refractivity contribution in [3.8, 4) is 16.2 Å². The standard InChI is InChI=1S/C25H30N4O4S2/c1-17-8-9-19(23-18(2)27-24(26)34-23)16-22(17)35(31,32)28-20-10-12-21(13-11-20)33-25(30)29-14-6-4-3-5-7-15-29/h8-13,16,28H,3-7,14-15H2,1-2H3,(H2,26,27). The lowest BCUT2D eigenvalue weighted by Gasteiger charge is -2.23. The molecule has 10 heteroatoms. The second-order valence-corrected chi connectivity index (χ2v) is 11.4. The molecule has 0 radical (unpaired) electrons. The number of nitrogens with zero attached hydrogens (tertiary/aromatic N) is 2. The van der Waals surface area contributed by atoms with E-state index in [2.05, 4.69) is 9.71 Å². The number of rotatable bonds is 5. The molecule has 1 saturated heterocycles. The number of amides is 1. The molecule has 4 rings (SSSR count). The van der Waals surface area contributed by atoms with E-state index in [9.17, 15) is 13.2 Å². The summed E-state index contributed by atoms with van der Waals surface area (Å²) < 4.78 is 34.5. The molecular weight excluding hydrogens is 484 g/mol. The van der Waals surface area contributed by atoms with Gasteiger partial charge in [0.25, 0.3) is 10.0 Å². The molecule has 186 valence electrons. The molecular formula is C25H30N4O4S2. The highest BCUT2D eigenvalue weighted by atomic mass is 32.2. The second kappa shape index (κ2) is 10.7. The van der Waals surface area contributed by atoms with Gasteiger partial charge in [0, 0.05) is 18.8 Å². The van der Waals surface area contributed by atoms with Crippen LogP contribution in [0.4, 0.5) is 15.6 Å². The molecule has 0 bridgehead atoms. The zero-order valence-corrected chi connectivity index (χ0v) is 21.5. The number of carbonyl (C=O) groups excluding carboxylic acids is 1. The van der Waals surface area contributed by atoms with Gasteiger partial charge in [0.1, 0.15) is 5.75 Å². The largest absolute Gasteiger partial charge is 0.415 e. The first-order valence-electron chi connectivity index (χ1n) is 11.7. The third-order valence-electron chi connectivity index (χ3n) is 5.98. The number of nitrogens with two attached hydrogens (primary N) is 1. The van der Waals surface area contributed by atoms with Crippen molar-refractivity contribution >= 4 is 38.3 Å². The lowest BCUT2D eigenvalue weighted by Crippen LogP contribution is -2.36. The fourth-order valence-electron chi connectivity index (χ4n) is 4.11. The summed E-state index contributed by atoms with van der Waals surface area (Å²) in [7, 11) is -3.85. The van der Waals surface area contributed by atoms with Crippen LogP contribution in [0.5, 0.6) is 5.75 Å². The van der Waals surface area contributed by atoms with Crippen molar-refractivity contribution < 1.29 is 17.9 Å². The summed E-state index contributed by atoms with van der Waals surface area (Å²) in [5.74, 6) is 0.372. The first-order valence-corrected chi connectivity index (χ1v) is 14.0. The topological polar surface area (TPSA) is 115 Å². The molecule has 3 N–H and O–H groups in total. The van der Waals surface area contributed by atoms with Crippen LogP contribution in [0.15, 0.2) is 47.4 Å². The SMILES string of the molecule is Cc1ccc(-c2sc(N)nc2C)cc1S(=O)(=O)Nc1ccc(OC(=O)N2CCCCCCC2)cc1. The lowest BCUT2D eigenvalue weighted by molar-refractivity contribution is 0.147. The number of aryl methyl sites for hydroxylation is 2. The van der Waals surface area contributed by atoms with Crippen LogP contribution in [-0.2, 0) is 10.0 Å². The van der Waals surface area contributed by atoms with Crippen molar-refractivity contribution in [1.29, 1.82) is 0 Å². The third kappa shape index (κ3) is 6.12. The van der Waals surface area contributed by atoms with Gasteiger partial charge in [-0.25, -0.2) is 18.2 Å². The molecule has 1 aliphatic heterocycles. The summed E-state index contributed by atoms with van der Waals surface area (Å²) in [5.41, 5.74) is 8.31. The number of sulfonamides is 1. The molecule has 1 fully saturated rings. The number of likely N-dealkylation sites (tertiary alicyclic amines) is 1. The van der Waals surface area contributed by atoms with Gasteiger partial charge < -0.3 is 15.4 Å². The van der Waals surface area contributed by atoms with E-state index in [0.29, 0.717) is 35.2 Å². The number of hydrogen-bond donors (Lipinski definition) is 2. The normalized spacial score (nSPS) is 14.7. The number of hydrogen-bond acceptors (Lipinski definition) is 7. The van der Waals surface area contributed by atoms with Gasteiger partial charge >= 0.3 is 6.09 Å². The van der Waals surface area contributed by atoms with Gasteiger partial charge in [-0.05, 0) is 68.1 Å². The van der Waals surface area contributed by atoms with Crippen LogP contribution in [0, 0.1) is 13.8 Å². The zero-order valence-electron chi connectivity index (χ0n) is 19.9. The van der Waals surface area contributed by atoms with Crippen molar-refractivity contribution in [3.63, 3.8) is 0 Å². The molecule has 1 amide bonds. The van der Waals surface area contributed by atoms with Gasteiger partial charge in [0.15, 0.2) is 5.13 Å². The molecule has 0 aliphatic carbocycles. The maximum absolute atomic E-state index is 13.2. The first kappa shape index (κ1) is 25.0. The summed E-state index contributed by atoms with van der Waals surface area (Å²) in [6.45, 7) is 4.99. The Balaban J connectivity index is 1.47. The van der Waals surface area contributed by atoms with E-state index in [0.717, 1.165) is 41.8 Å². The fourth-order valence-corrected chi connectivity index (χ4v) is 6.27. The highest BCUT2D eigenvalue weighted by molar-refractivity contribution is 7.92. The van der Waals surface area contributed by atoms with E-state index >= 15 is 0 Å². The Morgan fingerprint density at radius 1 is 1.03 bits per heavy atom. The van der Waals surface area contributed by atoms with Crippen molar-refractivity contribution in [2.24, 2.45) is 0 Å². The first-order chi connectivity index (χ1) is 16.7. The molecule has 0 unspecified atom stereocenters. The van der Waals surface area contributed by atoms with Crippen LogP contribution >= 0.6 is 11.3 Å². The van der Waals surface area contributed by atoms with Crippen LogP contribution in [0.2, 0.25) is 0 Å². The number of carbonyl (C=O) groups is 1. The van der Waals surface area contributed by atoms with E-state index in [4.69, 9.17) is 10.5 Å². The predicted molar refractivity (Wildman–Crippen MR) is 139 cm³/mol. The van der Waals surface area contributed by atoms with Crippen LogP contribution in [0.3, 0.4) is 0 Å². The quantitative estimate of drug-likeness (QED) is 0.460. The molecule has 0 spiro atoms. The summed E-state index contributed by atoms with van der Waals surface area (Å²) in [6.07, 6.45) is 5.05. The van der Waals surface area contributed by atoms with Crippen molar-refractivity contribution in [2.75, 3.05) is 23.5 Å². The third-order valence-corrected chi connectivity index (χ3v) is 8.54. The minimum Gasteiger partial charge on any atom is -0.410 e. The van der Waals surface area contributed by atoms with Crippen LogP contribution < -0.4 is 15.2 Å². The number of aromatic nitrogens is 1. The molecule has 3 aromatic rings. The smallest absolute Gasteiger partial charge is 0.410 e. The minimum atomic E-state index is -3.85. The molecule has 0 atom stereocenters. The lowest BCUT2D eigenvalue weighted by atomic mass is 10.1. The van der Waals surface area contributed by atoms with Gasteiger partial charge in [-0.2, -0.15) is 0 Å². The number of anilines is 2. The van der Waals surface area contributed by atoms with E-state index in [-0.39, 0.29) is 11.0 Å². The summed E-state index contributed by atoms with van der Waals surface area (Å²) >= 11 is 1.32. The Morgan fingerprint density at radius 3 is 2.31 bits per heavy atom. The minimum absolute atomic E-state index is 0.175. The number of nitrogen functional groups attached to an aromatic ring is 1. The zero-order chi connectivity index (χ0) is 25.0. The highest BCUT2D eigenvalue weighted by Gasteiger charge is 2.20. The van der Waals surface area contributed by atoms with Gasteiger partial charge in [0.2, 0.25) is 0 Å². The Morgan fingerprint density at radius 2 is 1.69 bits per heavy atom. The van der Waals surface area contributed by atoms with Crippen LogP contribution in [0.25, 0.3) is 10.4 Å². The number of nitrogens with one attached hydrogen (secondary N) is 1. The second-order valence-electron chi connectivity index (χ2n) is 8.70. The maximum Gasteiger partial charge on any atom is 0.415 e. The average molecular weight is 515 g/mol. The molecule has 2 heterocycles. The van der Waals surface area contributed by atoms with Gasteiger partial charge in [-0.15, -0.1) is 0 Å². The predicted octanol–water partition coefficient (Wildman–Crippen LogP) is 5.57. The van der Waals surface area contributed by atoms with E-state index in [1.54, 1.807) is 48.2 Å². The number of thiazole rings is 1. The van der Waals surface area contributed by atoms with Crippen molar-refractivity contribution in [3.05, 3.63) is 53.7 Å². The molecule has 0 saturated carbocycles. The van der Waals surface area contributed by atoms with Crippen molar-refractivity contribution in [2.45, 2.75) is 50.8 Å². The summed E-state index contributed by atoms with van der Waals surface area (Å²) in [4.78, 5) is 19.5. The fraction of sp³-hybridized carbons (Fsp3) is 0.360. The van der Waals surface area contributed by atoms with E-state index < -0.39 is 10.0 Å². The molecule has 1 aromatic heterocycles. The van der Waals surface area contributed by atoms with Crippen LogP contribution in [0.1, 0.15) is 43.4 Å².